The summed E-state index contributed by atoms with van der Waals surface area (Å²) in [6, 6.07) is 10.2. The summed E-state index contributed by atoms with van der Waals surface area (Å²) in [5.74, 6) is 0. The minimum absolute atomic E-state index is 0.0481. The van der Waals surface area contributed by atoms with Crippen LogP contribution in [0.1, 0.15) is 5.56 Å². The molecule has 7 nitrogen and oxygen atoms in total. The summed E-state index contributed by atoms with van der Waals surface area (Å²) in [6.45, 7) is 4.29. The predicted octanol–water partition coefficient (Wildman–Crippen LogP) is 3.64. The van der Waals surface area contributed by atoms with Crippen LogP contribution in [0.3, 0.4) is 0 Å². The monoisotopic (exact) mass is 365 g/mol. The summed E-state index contributed by atoms with van der Waals surface area (Å²) in [5, 5.41) is 21.3. The highest BCUT2D eigenvalue weighted by Gasteiger charge is 2.11. The molecule has 2 aromatic heterocycles. The Morgan fingerprint density at radius 3 is 2.96 bits per heavy atom. The number of hydrogen-bond donors (Lipinski definition) is 0. The van der Waals surface area contributed by atoms with Crippen LogP contribution in [-0.2, 0) is 6.54 Å². The fourth-order valence-electron chi connectivity index (χ4n) is 2.32. The molecule has 0 bridgehead atoms. The van der Waals surface area contributed by atoms with Crippen molar-refractivity contribution in [3.63, 3.8) is 0 Å². The molecule has 0 radical (unpaired) electrons. The molecular formula is C18H15N5O2S. The Kier molecular flexibility index (Phi) is 5.45. The van der Waals surface area contributed by atoms with Gasteiger partial charge in [0.15, 0.2) is 0 Å². The number of aromatic nitrogens is 2. The van der Waals surface area contributed by atoms with Crippen molar-refractivity contribution < 1.29 is 4.92 Å². The molecular weight excluding hydrogens is 350 g/mol. The van der Waals surface area contributed by atoms with E-state index in [-0.39, 0.29) is 5.69 Å². The Morgan fingerprint density at radius 1 is 1.35 bits per heavy atom. The molecule has 0 saturated carbocycles. The van der Waals surface area contributed by atoms with Crippen molar-refractivity contribution in [2.75, 3.05) is 0 Å². The Hall–Kier alpha value is -3.39. The first-order valence-corrected chi connectivity index (χ1v) is 8.58. The van der Waals surface area contributed by atoms with Gasteiger partial charge in [0.1, 0.15) is 0 Å². The molecule has 0 spiro atoms. The lowest BCUT2D eigenvalue weighted by Gasteiger charge is -2.06. The second-order valence-electron chi connectivity index (χ2n) is 5.24. The van der Waals surface area contributed by atoms with Gasteiger partial charge in [-0.2, -0.15) is 5.10 Å². The van der Waals surface area contributed by atoms with Gasteiger partial charge >= 0.3 is 0 Å². The zero-order valence-electron chi connectivity index (χ0n) is 13.7. The number of hydrogen-bond acceptors (Lipinski definition) is 6. The molecule has 0 amide bonds. The second-order valence-corrected chi connectivity index (χ2v) is 6.08. The smallest absolute Gasteiger partial charge is 0.270 e. The number of nitro benzene ring substituents is 1. The van der Waals surface area contributed by atoms with Crippen LogP contribution < -0.4 is 4.80 Å². The predicted molar refractivity (Wildman–Crippen MR) is 102 cm³/mol. The van der Waals surface area contributed by atoms with Gasteiger partial charge in [0.2, 0.25) is 4.80 Å². The van der Waals surface area contributed by atoms with Gasteiger partial charge in [-0.25, -0.2) is 0 Å². The Bertz CT molecular complexity index is 1020. The van der Waals surface area contributed by atoms with Crippen molar-refractivity contribution in [3.8, 4) is 11.3 Å². The number of nitro groups is 1. The molecule has 1 aromatic carbocycles. The molecule has 0 fully saturated rings. The van der Waals surface area contributed by atoms with Gasteiger partial charge in [-0.15, -0.1) is 23.0 Å². The second kappa shape index (κ2) is 8.13. The van der Waals surface area contributed by atoms with Crippen LogP contribution in [0.2, 0.25) is 0 Å². The molecule has 0 aliphatic carbocycles. The molecule has 3 rings (SSSR count). The van der Waals surface area contributed by atoms with Crippen molar-refractivity contribution in [3.05, 3.63) is 87.3 Å². The fraction of sp³-hybridized carbons (Fsp3) is 0.0556. The first kappa shape index (κ1) is 17.4. The van der Waals surface area contributed by atoms with E-state index in [2.05, 4.69) is 21.8 Å². The molecule has 0 aliphatic heterocycles. The van der Waals surface area contributed by atoms with E-state index >= 15 is 0 Å². The molecule has 26 heavy (non-hydrogen) atoms. The fourth-order valence-corrected chi connectivity index (χ4v) is 3.20. The molecule has 3 aromatic rings. The first-order valence-electron chi connectivity index (χ1n) is 7.70. The maximum Gasteiger partial charge on any atom is 0.270 e. The van der Waals surface area contributed by atoms with Crippen molar-refractivity contribution in [1.29, 1.82) is 0 Å². The summed E-state index contributed by atoms with van der Waals surface area (Å²) >= 11 is 1.41. The third-order valence-corrected chi connectivity index (χ3v) is 4.35. The zero-order valence-corrected chi connectivity index (χ0v) is 14.5. The lowest BCUT2D eigenvalue weighted by Crippen LogP contribution is -2.14. The number of nitrogens with zero attached hydrogens (tertiary/aromatic N) is 5. The summed E-state index contributed by atoms with van der Waals surface area (Å²) in [6.07, 6.45) is 6.76. The van der Waals surface area contributed by atoms with E-state index in [4.69, 9.17) is 0 Å². The quantitative estimate of drug-likeness (QED) is 0.289. The van der Waals surface area contributed by atoms with E-state index in [9.17, 15) is 10.1 Å². The number of non-ortho nitro benzene ring substituents is 1. The Labute approximate surface area is 153 Å². The van der Waals surface area contributed by atoms with Crippen LogP contribution in [0.4, 0.5) is 5.69 Å². The summed E-state index contributed by atoms with van der Waals surface area (Å²) in [7, 11) is 0. The van der Waals surface area contributed by atoms with Gasteiger partial charge in [-0.1, -0.05) is 24.3 Å². The highest BCUT2D eigenvalue weighted by molar-refractivity contribution is 7.07. The van der Waals surface area contributed by atoms with E-state index < -0.39 is 4.92 Å². The van der Waals surface area contributed by atoms with Crippen molar-refractivity contribution in [2.24, 2.45) is 10.2 Å². The van der Waals surface area contributed by atoms with Gasteiger partial charge in [-0.3, -0.25) is 15.1 Å². The molecule has 0 unspecified atom stereocenters. The topological polar surface area (TPSA) is 85.7 Å². The third kappa shape index (κ3) is 3.98. The number of rotatable bonds is 6. The van der Waals surface area contributed by atoms with Gasteiger partial charge in [0, 0.05) is 47.6 Å². The molecule has 2 heterocycles. The summed E-state index contributed by atoms with van der Waals surface area (Å²) in [4.78, 5) is 15.3. The van der Waals surface area contributed by atoms with Crippen LogP contribution in [-0.4, -0.2) is 20.7 Å². The van der Waals surface area contributed by atoms with Gasteiger partial charge < -0.3 is 4.57 Å². The van der Waals surface area contributed by atoms with Crippen LogP contribution in [0.5, 0.6) is 0 Å². The van der Waals surface area contributed by atoms with E-state index in [1.807, 2.05) is 28.1 Å². The SMILES string of the molecule is C=CCn1c(-c2cccc([N+](=O)[O-])c2)cs/c1=N\N=C/c1cccnc1. The average molecular weight is 365 g/mol. The van der Waals surface area contributed by atoms with Crippen LogP contribution in [0.25, 0.3) is 11.3 Å². The van der Waals surface area contributed by atoms with Crippen molar-refractivity contribution in [2.45, 2.75) is 6.54 Å². The number of allylic oxidation sites excluding steroid dienone is 1. The molecule has 0 N–H and O–H groups in total. The normalized spacial score (nSPS) is 11.8. The molecule has 130 valence electrons. The first-order chi connectivity index (χ1) is 12.7. The van der Waals surface area contributed by atoms with Crippen LogP contribution in [0.15, 0.2) is 77.0 Å². The van der Waals surface area contributed by atoms with E-state index in [0.29, 0.717) is 11.3 Å². The number of benzene rings is 1. The lowest BCUT2D eigenvalue weighted by atomic mass is 10.1. The maximum atomic E-state index is 11.0. The van der Waals surface area contributed by atoms with Crippen LogP contribution in [0, 0.1) is 10.1 Å². The van der Waals surface area contributed by atoms with Crippen molar-refractivity contribution >= 4 is 23.2 Å². The largest absolute Gasteiger partial charge is 0.311 e. The summed E-state index contributed by atoms with van der Waals surface area (Å²) < 4.78 is 1.91. The standard InChI is InChI=1S/C18H15N5O2S/c1-2-9-22-17(15-6-3-7-16(10-15)23(24)25)13-26-18(22)21-20-12-14-5-4-8-19-11-14/h2-8,10-13H,1,9H2/b20-12-,21-18-. The molecule has 0 atom stereocenters. The highest BCUT2D eigenvalue weighted by atomic mass is 32.1. The third-order valence-electron chi connectivity index (χ3n) is 3.50. The minimum atomic E-state index is -0.406. The highest BCUT2D eigenvalue weighted by Crippen LogP contribution is 2.24. The zero-order chi connectivity index (χ0) is 18.4. The van der Waals surface area contributed by atoms with Crippen molar-refractivity contribution in [1.82, 2.24) is 9.55 Å². The minimum Gasteiger partial charge on any atom is -0.311 e. The van der Waals surface area contributed by atoms with Gasteiger partial charge in [0.05, 0.1) is 16.8 Å². The van der Waals surface area contributed by atoms with E-state index in [0.717, 1.165) is 16.8 Å². The molecule has 0 aliphatic rings. The number of thiazole rings is 1. The van der Waals surface area contributed by atoms with Gasteiger partial charge in [0.25, 0.3) is 5.69 Å². The summed E-state index contributed by atoms with van der Waals surface area (Å²) in [5.41, 5.74) is 2.47. The van der Waals surface area contributed by atoms with E-state index in [1.165, 1.54) is 17.4 Å². The average Bonchev–Trinajstić information content (AvgIpc) is 3.06. The molecule has 8 heteroatoms. The van der Waals surface area contributed by atoms with Gasteiger partial charge in [-0.05, 0) is 6.07 Å². The number of pyridine rings is 1. The van der Waals surface area contributed by atoms with Crippen LogP contribution >= 0.6 is 11.3 Å². The Balaban J connectivity index is 2.00. The van der Waals surface area contributed by atoms with E-state index in [1.54, 1.807) is 36.8 Å². The lowest BCUT2D eigenvalue weighted by molar-refractivity contribution is -0.384. The molecule has 0 saturated heterocycles. The maximum absolute atomic E-state index is 11.0. The Morgan fingerprint density at radius 2 is 2.23 bits per heavy atom.